The number of rotatable bonds is 2. The molecule has 1 amide bonds. The Hall–Kier alpha value is -1.99. The molecule has 3 rings (SSSR count). The number of pyridine rings is 1. The highest BCUT2D eigenvalue weighted by Gasteiger charge is 2.51. The molecule has 5 nitrogen and oxygen atoms in total. The SMILES string of the molecule is CC(C)(C)OC(=O)N1CC2(CCC(C)(Oc3ccc(C(F)(F)F)cn3)CC2)C1. The highest BCUT2D eigenvalue weighted by atomic mass is 19.4. The molecule has 1 aromatic heterocycles. The lowest BCUT2D eigenvalue weighted by Gasteiger charge is -2.54. The fourth-order valence-electron chi connectivity index (χ4n) is 3.81. The molecule has 1 aromatic rings. The van der Waals surface area contributed by atoms with Gasteiger partial charge in [-0.15, -0.1) is 0 Å². The number of carbonyl (C=O) groups is 1. The van der Waals surface area contributed by atoms with Gasteiger partial charge in [-0.3, -0.25) is 0 Å². The molecule has 2 aliphatic rings. The number of alkyl halides is 3. The van der Waals surface area contributed by atoms with Crippen molar-refractivity contribution in [3.05, 3.63) is 23.9 Å². The smallest absolute Gasteiger partial charge is 0.417 e. The first-order chi connectivity index (χ1) is 12.8. The van der Waals surface area contributed by atoms with Crippen LogP contribution in [-0.4, -0.2) is 40.3 Å². The van der Waals surface area contributed by atoms with Crippen molar-refractivity contribution in [3.63, 3.8) is 0 Å². The first-order valence-corrected chi connectivity index (χ1v) is 9.50. The summed E-state index contributed by atoms with van der Waals surface area (Å²) in [5, 5.41) is 0. The molecule has 0 bridgehead atoms. The van der Waals surface area contributed by atoms with E-state index in [9.17, 15) is 18.0 Å². The monoisotopic (exact) mass is 400 g/mol. The Morgan fingerprint density at radius 2 is 1.71 bits per heavy atom. The van der Waals surface area contributed by atoms with Crippen LogP contribution in [0.2, 0.25) is 0 Å². The van der Waals surface area contributed by atoms with E-state index in [4.69, 9.17) is 9.47 Å². The fraction of sp³-hybridized carbons (Fsp3) is 0.700. The van der Waals surface area contributed by atoms with Gasteiger partial charge >= 0.3 is 12.3 Å². The Bertz CT molecular complexity index is 710. The van der Waals surface area contributed by atoms with Gasteiger partial charge in [-0.05, 0) is 59.4 Å². The van der Waals surface area contributed by atoms with E-state index in [1.807, 2.05) is 27.7 Å². The van der Waals surface area contributed by atoms with Gasteiger partial charge in [0.25, 0.3) is 0 Å². The van der Waals surface area contributed by atoms with Crippen LogP contribution in [0.15, 0.2) is 18.3 Å². The lowest BCUT2D eigenvalue weighted by Crippen LogP contribution is -2.61. The maximum Gasteiger partial charge on any atom is 0.417 e. The molecule has 1 saturated heterocycles. The summed E-state index contributed by atoms with van der Waals surface area (Å²) in [7, 11) is 0. The summed E-state index contributed by atoms with van der Waals surface area (Å²) >= 11 is 0. The minimum absolute atomic E-state index is 0.0906. The molecule has 28 heavy (non-hydrogen) atoms. The second-order valence-corrected chi connectivity index (χ2v) is 9.27. The van der Waals surface area contributed by atoms with E-state index >= 15 is 0 Å². The summed E-state index contributed by atoms with van der Waals surface area (Å²) in [6.07, 6.45) is -0.579. The summed E-state index contributed by atoms with van der Waals surface area (Å²) in [4.78, 5) is 17.7. The summed E-state index contributed by atoms with van der Waals surface area (Å²) in [5.74, 6) is 0.204. The topological polar surface area (TPSA) is 51.7 Å². The van der Waals surface area contributed by atoms with Gasteiger partial charge < -0.3 is 14.4 Å². The minimum Gasteiger partial charge on any atom is -0.471 e. The third kappa shape index (κ3) is 4.70. The zero-order chi connectivity index (χ0) is 20.8. The molecule has 1 aliphatic heterocycles. The Kier molecular flexibility index (Phi) is 5.04. The van der Waals surface area contributed by atoms with Gasteiger partial charge in [-0.2, -0.15) is 13.2 Å². The first kappa shape index (κ1) is 20.7. The Balaban J connectivity index is 1.52. The average Bonchev–Trinajstić information content (AvgIpc) is 2.51. The van der Waals surface area contributed by atoms with Gasteiger partial charge in [-0.1, -0.05) is 0 Å². The Morgan fingerprint density at radius 1 is 1.11 bits per heavy atom. The number of aromatic nitrogens is 1. The van der Waals surface area contributed by atoms with Crippen molar-refractivity contribution in [2.45, 2.75) is 70.8 Å². The van der Waals surface area contributed by atoms with Crippen LogP contribution < -0.4 is 4.74 Å². The van der Waals surface area contributed by atoms with Crippen molar-refractivity contribution in [1.82, 2.24) is 9.88 Å². The Labute approximate surface area is 163 Å². The van der Waals surface area contributed by atoms with Crippen LogP contribution in [-0.2, 0) is 10.9 Å². The highest BCUT2D eigenvalue weighted by Crippen LogP contribution is 2.48. The largest absolute Gasteiger partial charge is 0.471 e. The molecule has 0 unspecified atom stereocenters. The molecule has 2 heterocycles. The molecule has 2 fully saturated rings. The van der Waals surface area contributed by atoms with Gasteiger partial charge in [0.05, 0.1) is 5.56 Å². The molecule has 1 spiro atoms. The van der Waals surface area contributed by atoms with Crippen LogP contribution in [0.5, 0.6) is 5.88 Å². The van der Waals surface area contributed by atoms with Crippen LogP contribution in [0.25, 0.3) is 0 Å². The first-order valence-electron chi connectivity index (χ1n) is 9.50. The summed E-state index contributed by atoms with van der Waals surface area (Å²) in [6, 6.07) is 2.26. The molecule has 1 saturated carbocycles. The fourth-order valence-corrected chi connectivity index (χ4v) is 3.81. The summed E-state index contributed by atoms with van der Waals surface area (Å²) in [6.45, 7) is 8.86. The number of nitrogens with zero attached hydrogens (tertiary/aromatic N) is 2. The second kappa shape index (κ2) is 6.81. The van der Waals surface area contributed by atoms with E-state index in [2.05, 4.69) is 4.98 Å². The maximum absolute atomic E-state index is 12.6. The van der Waals surface area contributed by atoms with Gasteiger partial charge in [-0.25, -0.2) is 9.78 Å². The number of likely N-dealkylation sites (tertiary alicyclic amines) is 1. The number of hydrogen-bond donors (Lipinski definition) is 0. The molecule has 0 N–H and O–H groups in total. The average molecular weight is 400 g/mol. The summed E-state index contributed by atoms with van der Waals surface area (Å²) in [5.41, 5.74) is -1.67. The van der Waals surface area contributed by atoms with E-state index in [0.717, 1.165) is 37.9 Å². The molecular weight excluding hydrogens is 373 g/mol. The van der Waals surface area contributed by atoms with Gasteiger partial charge in [0, 0.05) is 30.8 Å². The van der Waals surface area contributed by atoms with Gasteiger partial charge in [0.15, 0.2) is 0 Å². The predicted molar refractivity (Wildman–Crippen MR) is 97.0 cm³/mol. The van der Waals surface area contributed by atoms with Crippen molar-refractivity contribution in [1.29, 1.82) is 0 Å². The quantitative estimate of drug-likeness (QED) is 0.697. The number of halogens is 3. The lowest BCUT2D eigenvalue weighted by molar-refractivity contribution is -0.137. The van der Waals surface area contributed by atoms with Crippen LogP contribution in [0.4, 0.5) is 18.0 Å². The normalized spacial score (nSPS) is 21.2. The van der Waals surface area contributed by atoms with Crippen LogP contribution in [0.1, 0.15) is 58.9 Å². The molecular formula is C20H27F3N2O3. The predicted octanol–water partition coefficient (Wildman–Crippen LogP) is 5.05. The highest BCUT2D eigenvalue weighted by molar-refractivity contribution is 5.69. The van der Waals surface area contributed by atoms with Gasteiger partial charge in [0.1, 0.15) is 11.2 Å². The van der Waals surface area contributed by atoms with E-state index in [1.54, 1.807) is 4.90 Å². The standard InChI is InChI=1S/C20H27F3N2O3/c1-17(2,3)28-16(26)25-12-19(13-25)9-7-18(4,8-10-19)27-15-6-5-14(11-24-15)20(21,22)23/h5-6,11H,7-10,12-13H2,1-4H3. The van der Waals surface area contributed by atoms with E-state index < -0.39 is 22.9 Å². The molecule has 0 atom stereocenters. The third-order valence-corrected chi connectivity index (χ3v) is 5.49. The second-order valence-electron chi connectivity index (χ2n) is 9.27. The van der Waals surface area contributed by atoms with Crippen LogP contribution in [0, 0.1) is 5.41 Å². The van der Waals surface area contributed by atoms with Crippen molar-refractivity contribution in [3.8, 4) is 5.88 Å². The molecule has 156 valence electrons. The van der Waals surface area contributed by atoms with Crippen molar-refractivity contribution < 1.29 is 27.4 Å². The zero-order valence-corrected chi connectivity index (χ0v) is 16.7. The molecule has 8 heteroatoms. The van der Waals surface area contributed by atoms with E-state index in [0.29, 0.717) is 13.1 Å². The summed E-state index contributed by atoms with van der Waals surface area (Å²) < 4.78 is 49.3. The van der Waals surface area contributed by atoms with Crippen molar-refractivity contribution in [2.24, 2.45) is 5.41 Å². The Morgan fingerprint density at radius 3 is 2.18 bits per heavy atom. The molecule has 0 radical (unpaired) electrons. The van der Waals surface area contributed by atoms with Gasteiger partial charge in [0.2, 0.25) is 5.88 Å². The number of amides is 1. The lowest BCUT2D eigenvalue weighted by atomic mass is 9.65. The molecule has 1 aliphatic carbocycles. The van der Waals surface area contributed by atoms with Crippen molar-refractivity contribution >= 4 is 6.09 Å². The van der Waals surface area contributed by atoms with E-state index in [1.165, 1.54) is 6.07 Å². The van der Waals surface area contributed by atoms with Crippen LogP contribution >= 0.6 is 0 Å². The van der Waals surface area contributed by atoms with E-state index in [-0.39, 0.29) is 17.4 Å². The minimum atomic E-state index is -4.41. The maximum atomic E-state index is 12.6. The van der Waals surface area contributed by atoms with Crippen molar-refractivity contribution in [2.75, 3.05) is 13.1 Å². The molecule has 0 aromatic carbocycles. The third-order valence-electron chi connectivity index (χ3n) is 5.49. The van der Waals surface area contributed by atoms with Crippen LogP contribution in [0.3, 0.4) is 0 Å². The number of hydrogen-bond acceptors (Lipinski definition) is 4. The number of carbonyl (C=O) groups excluding carboxylic acids is 1. The zero-order valence-electron chi connectivity index (χ0n) is 16.7. The number of ether oxygens (including phenoxy) is 2.